The van der Waals surface area contributed by atoms with Crippen LogP contribution in [0, 0.1) is 0 Å². The number of piperazine rings is 1. The second kappa shape index (κ2) is 9.28. The number of hydrogen-bond donors (Lipinski definition) is 0. The van der Waals surface area contributed by atoms with Gasteiger partial charge in [0.15, 0.2) is 0 Å². The van der Waals surface area contributed by atoms with E-state index in [9.17, 15) is 9.59 Å². The van der Waals surface area contributed by atoms with Crippen molar-refractivity contribution in [2.45, 2.75) is 25.8 Å². The Morgan fingerprint density at radius 2 is 1.90 bits per heavy atom. The molecule has 2 aliphatic heterocycles. The van der Waals surface area contributed by atoms with Crippen LogP contribution >= 0.6 is 22.9 Å². The van der Waals surface area contributed by atoms with E-state index in [1.807, 2.05) is 28.0 Å². The Balaban J connectivity index is 1.24. The Labute approximate surface area is 180 Å². The maximum atomic E-state index is 12.5. The number of hydrogen-bond acceptors (Lipinski definition) is 4. The van der Waals surface area contributed by atoms with Gasteiger partial charge in [-0.3, -0.25) is 14.5 Å². The van der Waals surface area contributed by atoms with Crippen molar-refractivity contribution in [2.24, 2.45) is 0 Å². The van der Waals surface area contributed by atoms with Crippen LogP contribution in [-0.2, 0) is 16.1 Å². The fourth-order valence-electron chi connectivity index (χ4n) is 3.96. The summed E-state index contributed by atoms with van der Waals surface area (Å²) in [5, 5.41) is 0.757. The van der Waals surface area contributed by atoms with Crippen LogP contribution in [0.3, 0.4) is 0 Å². The van der Waals surface area contributed by atoms with Crippen molar-refractivity contribution in [3.05, 3.63) is 46.3 Å². The second-order valence-corrected chi connectivity index (χ2v) is 9.27. The maximum absolute atomic E-state index is 12.5. The van der Waals surface area contributed by atoms with Gasteiger partial charge in [-0.15, -0.1) is 11.3 Å². The Bertz CT molecular complexity index is 876. The molecule has 0 radical (unpaired) electrons. The Morgan fingerprint density at radius 3 is 2.62 bits per heavy atom. The fraction of sp³-hybridized carbons (Fsp3) is 0.455. The van der Waals surface area contributed by atoms with Crippen molar-refractivity contribution < 1.29 is 9.59 Å². The third-order valence-corrected chi connectivity index (χ3v) is 7.00. The highest BCUT2D eigenvalue weighted by atomic mass is 35.5. The zero-order valence-corrected chi connectivity index (χ0v) is 18.1. The van der Waals surface area contributed by atoms with Gasteiger partial charge in [-0.1, -0.05) is 23.7 Å². The van der Waals surface area contributed by atoms with Gasteiger partial charge in [0.05, 0.1) is 0 Å². The minimum atomic E-state index is 0.170. The molecule has 29 heavy (non-hydrogen) atoms. The molecule has 0 atom stereocenters. The molecular weight excluding hydrogens is 406 g/mol. The summed E-state index contributed by atoms with van der Waals surface area (Å²) in [5.74, 6) is 0.361. The molecule has 2 saturated heterocycles. The fourth-order valence-corrected chi connectivity index (χ4v) is 5.20. The van der Waals surface area contributed by atoms with Crippen LogP contribution < -0.4 is 0 Å². The first kappa shape index (κ1) is 20.4. The summed E-state index contributed by atoms with van der Waals surface area (Å²) >= 11 is 7.91. The molecule has 1 aromatic heterocycles. The molecule has 0 saturated carbocycles. The lowest BCUT2D eigenvalue weighted by atomic mass is 10.2. The van der Waals surface area contributed by atoms with Gasteiger partial charge in [0, 0.05) is 73.4 Å². The number of carbonyl (C=O) groups excluding carboxylic acids is 2. The molecule has 0 unspecified atom stereocenters. The molecule has 0 bridgehead atoms. The van der Waals surface area contributed by atoms with E-state index in [0.29, 0.717) is 19.4 Å². The van der Waals surface area contributed by atoms with Crippen LogP contribution in [0.2, 0.25) is 5.02 Å². The average molecular weight is 432 g/mol. The summed E-state index contributed by atoms with van der Waals surface area (Å²) in [5.41, 5.74) is 1.15. The van der Waals surface area contributed by atoms with Crippen LogP contribution in [0.4, 0.5) is 0 Å². The minimum Gasteiger partial charge on any atom is -0.342 e. The largest absolute Gasteiger partial charge is 0.342 e. The predicted octanol–water partition coefficient (Wildman–Crippen LogP) is 3.73. The Morgan fingerprint density at radius 1 is 1.07 bits per heavy atom. The molecule has 7 heteroatoms. The summed E-state index contributed by atoms with van der Waals surface area (Å²) in [6, 6.07) is 12.3. The summed E-state index contributed by atoms with van der Waals surface area (Å²) in [6.45, 7) is 5.59. The Kier molecular flexibility index (Phi) is 6.53. The van der Waals surface area contributed by atoms with E-state index in [1.54, 1.807) is 11.3 Å². The van der Waals surface area contributed by atoms with Gasteiger partial charge in [-0.05, 0) is 36.2 Å². The van der Waals surface area contributed by atoms with Gasteiger partial charge >= 0.3 is 0 Å². The molecule has 0 spiro atoms. The van der Waals surface area contributed by atoms with Crippen LogP contribution in [0.5, 0.6) is 0 Å². The molecule has 0 aliphatic carbocycles. The zero-order chi connectivity index (χ0) is 20.2. The van der Waals surface area contributed by atoms with Crippen molar-refractivity contribution >= 4 is 34.8 Å². The highest BCUT2D eigenvalue weighted by Gasteiger charge is 2.24. The molecule has 1 aromatic carbocycles. The van der Waals surface area contributed by atoms with Gasteiger partial charge < -0.3 is 9.80 Å². The van der Waals surface area contributed by atoms with Crippen molar-refractivity contribution in [3.8, 4) is 10.4 Å². The molecule has 2 aromatic rings. The van der Waals surface area contributed by atoms with Gasteiger partial charge in [0.25, 0.3) is 0 Å². The lowest BCUT2D eigenvalue weighted by molar-refractivity contribution is -0.134. The number of nitrogens with zero attached hydrogens (tertiary/aromatic N) is 3. The minimum absolute atomic E-state index is 0.170. The maximum Gasteiger partial charge on any atom is 0.224 e. The number of likely N-dealkylation sites (tertiary alicyclic amines) is 1. The van der Waals surface area contributed by atoms with E-state index in [0.717, 1.165) is 56.3 Å². The molecule has 2 aliphatic rings. The number of benzene rings is 1. The lowest BCUT2D eigenvalue weighted by Crippen LogP contribution is -2.48. The topological polar surface area (TPSA) is 43.9 Å². The Hall–Kier alpha value is -1.89. The molecule has 0 N–H and O–H groups in total. The molecule has 5 nitrogen and oxygen atoms in total. The first-order chi connectivity index (χ1) is 14.1. The highest BCUT2D eigenvalue weighted by Crippen LogP contribution is 2.30. The van der Waals surface area contributed by atoms with E-state index in [2.05, 4.69) is 23.1 Å². The molecule has 4 rings (SSSR count). The van der Waals surface area contributed by atoms with Crippen LogP contribution in [0.25, 0.3) is 10.4 Å². The summed E-state index contributed by atoms with van der Waals surface area (Å²) < 4.78 is 0. The number of rotatable bonds is 6. The smallest absolute Gasteiger partial charge is 0.224 e. The van der Waals surface area contributed by atoms with Crippen molar-refractivity contribution in [1.82, 2.24) is 14.7 Å². The summed E-state index contributed by atoms with van der Waals surface area (Å²) in [4.78, 5) is 32.9. The first-order valence-corrected chi connectivity index (χ1v) is 11.4. The molecular formula is C22H26ClN3O2S. The van der Waals surface area contributed by atoms with Crippen LogP contribution in [0.15, 0.2) is 36.4 Å². The number of amides is 2. The van der Waals surface area contributed by atoms with Crippen LogP contribution in [-0.4, -0.2) is 65.8 Å². The zero-order valence-electron chi connectivity index (χ0n) is 16.5. The molecule has 2 amide bonds. The van der Waals surface area contributed by atoms with Crippen molar-refractivity contribution in [3.63, 3.8) is 0 Å². The van der Waals surface area contributed by atoms with E-state index in [1.165, 1.54) is 9.75 Å². The van der Waals surface area contributed by atoms with Gasteiger partial charge in [0.1, 0.15) is 0 Å². The van der Waals surface area contributed by atoms with Gasteiger partial charge in [-0.25, -0.2) is 0 Å². The first-order valence-electron chi connectivity index (χ1n) is 10.2. The number of thiophene rings is 1. The normalized spacial score (nSPS) is 17.9. The van der Waals surface area contributed by atoms with E-state index >= 15 is 0 Å². The van der Waals surface area contributed by atoms with Crippen molar-refractivity contribution in [2.75, 3.05) is 39.3 Å². The SMILES string of the molecule is O=C1CCCN1CCC(=O)N1CCN(Cc2ccc(-c3cccc(Cl)c3)s2)CC1. The third kappa shape index (κ3) is 5.18. The van der Waals surface area contributed by atoms with Gasteiger partial charge in [-0.2, -0.15) is 0 Å². The predicted molar refractivity (Wildman–Crippen MR) is 117 cm³/mol. The van der Waals surface area contributed by atoms with E-state index in [-0.39, 0.29) is 11.8 Å². The molecule has 3 heterocycles. The second-order valence-electron chi connectivity index (χ2n) is 7.67. The lowest BCUT2D eigenvalue weighted by Gasteiger charge is -2.34. The molecule has 154 valence electrons. The average Bonchev–Trinajstić information content (AvgIpc) is 3.36. The van der Waals surface area contributed by atoms with E-state index in [4.69, 9.17) is 11.6 Å². The number of carbonyl (C=O) groups is 2. The summed E-state index contributed by atoms with van der Waals surface area (Å²) in [6.07, 6.45) is 2.00. The quantitative estimate of drug-likeness (QED) is 0.700. The van der Waals surface area contributed by atoms with Gasteiger partial charge in [0.2, 0.25) is 11.8 Å². The molecule has 2 fully saturated rings. The monoisotopic (exact) mass is 431 g/mol. The third-order valence-electron chi connectivity index (χ3n) is 5.64. The highest BCUT2D eigenvalue weighted by molar-refractivity contribution is 7.15. The van der Waals surface area contributed by atoms with Crippen LogP contribution in [0.1, 0.15) is 24.1 Å². The number of halogens is 1. The standard InChI is InChI=1S/C22H26ClN3O2S/c23-18-4-1-3-17(15-18)20-7-6-19(29-20)16-24-11-13-26(14-12-24)22(28)8-10-25-9-2-5-21(25)27/h1,3-4,6-7,15H,2,5,8-14,16H2. The van der Waals surface area contributed by atoms with Crippen molar-refractivity contribution in [1.29, 1.82) is 0 Å². The van der Waals surface area contributed by atoms with E-state index < -0.39 is 0 Å². The summed E-state index contributed by atoms with van der Waals surface area (Å²) in [7, 11) is 0.